The molecule has 1 aromatic carbocycles. The van der Waals surface area contributed by atoms with E-state index in [0.717, 1.165) is 35.8 Å². The first kappa shape index (κ1) is 9.84. The molecule has 0 amide bonds. The molecule has 1 fully saturated rings. The second-order valence-corrected chi connectivity index (χ2v) is 4.78. The van der Waals surface area contributed by atoms with Crippen LogP contribution in [0.3, 0.4) is 0 Å². The van der Waals surface area contributed by atoms with Crippen LogP contribution in [-0.4, -0.2) is 24.6 Å². The molecule has 0 spiro atoms. The monoisotopic (exact) mass is 211 g/mol. The van der Waals surface area contributed by atoms with Crippen LogP contribution in [0.4, 0.5) is 10.1 Å². The molecular weight excluding hydrogens is 197 g/mol. The molecule has 0 atom stereocenters. The SMILES string of the molecule is Cc1ccc(N2CCSCC2)c(F)c1. The molecule has 2 rings (SSSR count). The van der Waals surface area contributed by atoms with Gasteiger partial charge in [0.05, 0.1) is 5.69 Å². The van der Waals surface area contributed by atoms with E-state index in [2.05, 4.69) is 4.90 Å². The van der Waals surface area contributed by atoms with Crippen LogP contribution < -0.4 is 4.90 Å². The molecule has 1 aliphatic heterocycles. The number of nitrogens with zero attached hydrogens (tertiary/aromatic N) is 1. The minimum Gasteiger partial charge on any atom is -0.368 e. The van der Waals surface area contributed by atoms with Gasteiger partial charge in [0.15, 0.2) is 0 Å². The van der Waals surface area contributed by atoms with Crippen molar-refractivity contribution in [2.45, 2.75) is 6.92 Å². The maximum Gasteiger partial charge on any atom is 0.146 e. The highest BCUT2D eigenvalue weighted by atomic mass is 32.2. The maximum atomic E-state index is 13.6. The minimum absolute atomic E-state index is 0.0862. The number of thioether (sulfide) groups is 1. The Kier molecular flexibility index (Phi) is 2.96. The fraction of sp³-hybridized carbons (Fsp3) is 0.455. The molecule has 0 aromatic heterocycles. The van der Waals surface area contributed by atoms with E-state index >= 15 is 0 Å². The van der Waals surface area contributed by atoms with Crippen LogP contribution in [0.1, 0.15) is 5.56 Å². The molecule has 0 radical (unpaired) electrons. The Morgan fingerprint density at radius 1 is 1.29 bits per heavy atom. The Hall–Kier alpha value is -0.700. The van der Waals surface area contributed by atoms with E-state index in [-0.39, 0.29) is 5.82 Å². The largest absolute Gasteiger partial charge is 0.368 e. The van der Waals surface area contributed by atoms with E-state index in [9.17, 15) is 4.39 Å². The fourth-order valence-corrected chi connectivity index (χ4v) is 2.58. The van der Waals surface area contributed by atoms with Crippen molar-refractivity contribution in [3.63, 3.8) is 0 Å². The topological polar surface area (TPSA) is 3.24 Å². The number of benzene rings is 1. The summed E-state index contributed by atoms with van der Waals surface area (Å²) >= 11 is 1.94. The van der Waals surface area contributed by atoms with Crippen molar-refractivity contribution >= 4 is 17.4 Å². The summed E-state index contributed by atoms with van der Waals surface area (Å²) in [5.41, 5.74) is 1.74. The van der Waals surface area contributed by atoms with E-state index in [0.29, 0.717) is 0 Å². The Balaban J connectivity index is 2.22. The van der Waals surface area contributed by atoms with Gasteiger partial charge in [0.1, 0.15) is 5.82 Å². The molecule has 0 unspecified atom stereocenters. The van der Waals surface area contributed by atoms with E-state index in [1.165, 1.54) is 0 Å². The molecule has 1 aromatic rings. The summed E-state index contributed by atoms with van der Waals surface area (Å²) < 4.78 is 13.6. The molecule has 1 nitrogen and oxygen atoms in total. The van der Waals surface area contributed by atoms with Gasteiger partial charge in [-0.2, -0.15) is 11.8 Å². The van der Waals surface area contributed by atoms with Gasteiger partial charge in [-0.15, -0.1) is 0 Å². The quantitative estimate of drug-likeness (QED) is 0.702. The lowest BCUT2D eigenvalue weighted by Gasteiger charge is -2.28. The van der Waals surface area contributed by atoms with Gasteiger partial charge in [-0.3, -0.25) is 0 Å². The highest BCUT2D eigenvalue weighted by Gasteiger charge is 2.14. The molecule has 1 saturated heterocycles. The van der Waals surface area contributed by atoms with Gasteiger partial charge in [0.25, 0.3) is 0 Å². The third kappa shape index (κ3) is 2.03. The third-order valence-electron chi connectivity index (χ3n) is 2.45. The first-order chi connectivity index (χ1) is 6.77. The number of anilines is 1. The molecule has 14 heavy (non-hydrogen) atoms. The summed E-state index contributed by atoms with van der Waals surface area (Å²) in [5, 5.41) is 0. The summed E-state index contributed by atoms with van der Waals surface area (Å²) in [7, 11) is 0. The lowest BCUT2D eigenvalue weighted by Crippen LogP contribution is -2.33. The van der Waals surface area contributed by atoms with E-state index in [1.807, 2.05) is 30.8 Å². The Morgan fingerprint density at radius 3 is 2.64 bits per heavy atom. The van der Waals surface area contributed by atoms with Crippen molar-refractivity contribution in [2.75, 3.05) is 29.5 Å². The van der Waals surface area contributed by atoms with Crippen LogP contribution in [0.15, 0.2) is 18.2 Å². The van der Waals surface area contributed by atoms with Gasteiger partial charge in [-0.1, -0.05) is 6.07 Å². The van der Waals surface area contributed by atoms with Crippen molar-refractivity contribution in [3.8, 4) is 0 Å². The smallest absolute Gasteiger partial charge is 0.146 e. The average molecular weight is 211 g/mol. The normalized spacial score (nSPS) is 17.1. The van der Waals surface area contributed by atoms with Crippen molar-refractivity contribution < 1.29 is 4.39 Å². The number of hydrogen-bond acceptors (Lipinski definition) is 2. The van der Waals surface area contributed by atoms with Crippen LogP contribution in [0, 0.1) is 12.7 Å². The van der Waals surface area contributed by atoms with E-state index in [1.54, 1.807) is 6.07 Å². The van der Waals surface area contributed by atoms with Gasteiger partial charge in [0.2, 0.25) is 0 Å². The molecule has 0 bridgehead atoms. The van der Waals surface area contributed by atoms with Gasteiger partial charge in [-0.05, 0) is 24.6 Å². The minimum atomic E-state index is -0.0862. The Bertz CT molecular complexity index is 321. The second kappa shape index (κ2) is 4.22. The second-order valence-electron chi connectivity index (χ2n) is 3.55. The van der Waals surface area contributed by atoms with Crippen LogP contribution in [0.5, 0.6) is 0 Å². The van der Waals surface area contributed by atoms with E-state index < -0.39 is 0 Å². The van der Waals surface area contributed by atoms with Crippen LogP contribution in [0.25, 0.3) is 0 Å². The number of aryl methyl sites for hydroxylation is 1. The molecule has 0 saturated carbocycles. The number of halogens is 1. The van der Waals surface area contributed by atoms with Crippen molar-refractivity contribution in [1.82, 2.24) is 0 Å². The average Bonchev–Trinajstić information content (AvgIpc) is 2.19. The molecule has 1 aliphatic rings. The lowest BCUT2D eigenvalue weighted by molar-refractivity contribution is 0.618. The molecule has 76 valence electrons. The van der Waals surface area contributed by atoms with Crippen LogP contribution >= 0.6 is 11.8 Å². The van der Waals surface area contributed by atoms with E-state index in [4.69, 9.17) is 0 Å². The predicted molar refractivity (Wildman–Crippen MR) is 60.7 cm³/mol. The van der Waals surface area contributed by atoms with Crippen LogP contribution in [-0.2, 0) is 0 Å². The summed E-state index contributed by atoms with van der Waals surface area (Å²) in [6.07, 6.45) is 0. The van der Waals surface area contributed by atoms with Gasteiger partial charge in [-0.25, -0.2) is 4.39 Å². The summed E-state index contributed by atoms with van der Waals surface area (Å²) in [5.74, 6) is 2.12. The van der Waals surface area contributed by atoms with Gasteiger partial charge < -0.3 is 4.90 Å². The Morgan fingerprint density at radius 2 is 2.00 bits per heavy atom. The zero-order valence-electron chi connectivity index (χ0n) is 8.29. The zero-order chi connectivity index (χ0) is 9.97. The lowest BCUT2D eigenvalue weighted by atomic mass is 10.2. The van der Waals surface area contributed by atoms with Crippen molar-refractivity contribution in [3.05, 3.63) is 29.6 Å². The first-order valence-electron chi connectivity index (χ1n) is 4.86. The fourth-order valence-electron chi connectivity index (χ4n) is 1.67. The number of rotatable bonds is 1. The summed E-state index contributed by atoms with van der Waals surface area (Å²) in [6.45, 7) is 3.84. The molecule has 0 N–H and O–H groups in total. The number of hydrogen-bond donors (Lipinski definition) is 0. The highest BCUT2D eigenvalue weighted by Crippen LogP contribution is 2.23. The molecule has 3 heteroatoms. The highest BCUT2D eigenvalue weighted by molar-refractivity contribution is 7.99. The maximum absolute atomic E-state index is 13.6. The predicted octanol–water partition coefficient (Wildman–Crippen LogP) is 2.69. The zero-order valence-corrected chi connectivity index (χ0v) is 9.11. The molecule has 0 aliphatic carbocycles. The van der Waals surface area contributed by atoms with Crippen LogP contribution in [0.2, 0.25) is 0 Å². The van der Waals surface area contributed by atoms with Crippen molar-refractivity contribution in [2.24, 2.45) is 0 Å². The first-order valence-corrected chi connectivity index (χ1v) is 6.02. The van der Waals surface area contributed by atoms with Gasteiger partial charge >= 0.3 is 0 Å². The summed E-state index contributed by atoms with van der Waals surface area (Å²) in [4.78, 5) is 2.13. The summed E-state index contributed by atoms with van der Waals surface area (Å²) in [6, 6.07) is 5.47. The standard InChI is InChI=1S/C11H14FNS/c1-9-2-3-11(10(12)8-9)13-4-6-14-7-5-13/h2-3,8H,4-7H2,1H3. The third-order valence-corrected chi connectivity index (χ3v) is 3.40. The van der Waals surface area contributed by atoms with Gasteiger partial charge in [0, 0.05) is 24.6 Å². The molecular formula is C11H14FNS. The molecule has 1 heterocycles. The van der Waals surface area contributed by atoms with Crippen molar-refractivity contribution in [1.29, 1.82) is 0 Å². The Labute approximate surface area is 88.3 Å².